The van der Waals surface area contributed by atoms with Crippen molar-refractivity contribution in [1.29, 1.82) is 0 Å². The zero-order valence-electron chi connectivity index (χ0n) is 10.1. The van der Waals surface area contributed by atoms with Crippen LogP contribution in [0.3, 0.4) is 0 Å². The first-order valence-corrected chi connectivity index (χ1v) is 6.34. The Kier molecular flexibility index (Phi) is 2.50. The Balaban J connectivity index is 2.01. The van der Waals surface area contributed by atoms with Crippen LogP contribution in [0.4, 0.5) is 0 Å². The van der Waals surface area contributed by atoms with E-state index in [0.717, 1.165) is 25.7 Å². The minimum atomic E-state index is 0.428. The van der Waals surface area contributed by atoms with Crippen LogP contribution in [0.1, 0.15) is 42.7 Å². The van der Waals surface area contributed by atoms with Gasteiger partial charge in [-0.3, -0.25) is 4.79 Å². The molecule has 0 atom stereocenters. The molecule has 0 spiro atoms. The lowest BCUT2D eigenvalue weighted by molar-refractivity contribution is -0.120. The fourth-order valence-corrected chi connectivity index (χ4v) is 2.92. The third-order valence-electron chi connectivity index (χ3n) is 3.94. The average molecular weight is 227 g/mol. The molecule has 1 aromatic carbocycles. The maximum absolute atomic E-state index is 11.3. The van der Waals surface area contributed by atoms with E-state index < -0.39 is 0 Å². The molecule has 2 nitrogen and oxygen atoms in total. The Morgan fingerprint density at radius 2 is 2.00 bits per heavy atom. The first-order chi connectivity index (χ1) is 8.25. The van der Waals surface area contributed by atoms with Crippen LogP contribution in [-0.2, 0) is 4.79 Å². The minimum Gasteiger partial charge on any atom is -0.361 e. The van der Waals surface area contributed by atoms with Crippen molar-refractivity contribution >= 4 is 16.7 Å². The van der Waals surface area contributed by atoms with Crippen LogP contribution < -0.4 is 0 Å². The van der Waals surface area contributed by atoms with Crippen molar-refractivity contribution < 1.29 is 4.79 Å². The number of para-hydroxylation sites is 1. The van der Waals surface area contributed by atoms with Gasteiger partial charge in [-0.05, 0) is 36.8 Å². The second-order valence-corrected chi connectivity index (χ2v) is 5.05. The van der Waals surface area contributed by atoms with Crippen LogP contribution in [0.25, 0.3) is 10.9 Å². The first-order valence-electron chi connectivity index (χ1n) is 6.34. The molecule has 1 aromatic heterocycles. The number of carbonyl (C=O) groups excluding carboxylic acids is 1. The molecule has 1 fully saturated rings. The van der Waals surface area contributed by atoms with E-state index >= 15 is 0 Å². The maximum atomic E-state index is 11.3. The van der Waals surface area contributed by atoms with E-state index in [-0.39, 0.29) is 0 Å². The number of rotatable bonds is 1. The predicted molar refractivity (Wildman–Crippen MR) is 69.3 cm³/mol. The van der Waals surface area contributed by atoms with Gasteiger partial charge in [-0.15, -0.1) is 0 Å². The third kappa shape index (κ3) is 1.78. The second kappa shape index (κ2) is 4.02. The van der Waals surface area contributed by atoms with Gasteiger partial charge in [0.05, 0.1) is 0 Å². The number of H-pyrrole nitrogens is 1. The van der Waals surface area contributed by atoms with E-state index in [1.165, 1.54) is 22.0 Å². The highest BCUT2D eigenvalue weighted by atomic mass is 16.1. The number of nitrogens with one attached hydrogen (secondary N) is 1. The summed E-state index contributed by atoms with van der Waals surface area (Å²) in [6, 6.07) is 6.43. The number of aromatic amines is 1. The van der Waals surface area contributed by atoms with Gasteiger partial charge in [0.1, 0.15) is 5.78 Å². The number of carbonyl (C=O) groups is 1. The topological polar surface area (TPSA) is 32.9 Å². The van der Waals surface area contributed by atoms with Gasteiger partial charge in [-0.2, -0.15) is 0 Å². The zero-order chi connectivity index (χ0) is 11.8. The normalized spacial score (nSPS) is 17.8. The fourth-order valence-electron chi connectivity index (χ4n) is 2.92. The van der Waals surface area contributed by atoms with Gasteiger partial charge in [0.15, 0.2) is 0 Å². The zero-order valence-corrected chi connectivity index (χ0v) is 10.1. The molecule has 0 saturated heterocycles. The molecule has 17 heavy (non-hydrogen) atoms. The molecule has 1 aliphatic rings. The molecular formula is C15H17NO. The summed E-state index contributed by atoms with van der Waals surface area (Å²) in [5, 5.41) is 1.34. The summed E-state index contributed by atoms with van der Waals surface area (Å²) in [5.41, 5.74) is 3.94. The van der Waals surface area contributed by atoms with Gasteiger partial charge >= 0.3 is 0 Å². The number of ketones is 1. The van der Waals surface area contributed by atoms with E-state index in [1.54, 1.807) is 0 Å². The number of fused-ring (bicyclic) bond motifs is 1. The van der Waals surface area contributed by atoms with E-state index in [1.807, 2.05) is 0 Å². The van der Waals surface area contributed by atoms with Gasteiger partial charge < -0.3 is 4.98 Å². The molecule has 1 N–H and O–H groups in total. The Bertz CT molecular complexity index is 557. The Labute approximate surface area is 101 Å². The quantitative estimate of drug-likeness (QED) is 0.791. The standard InChI is InChI=1S/C15H17NO/c1-10-3-2-4-13-14(9-16-15(10)13)11-5-7-12(17)8-6-11/h2-4,9,11,16H,5-8H2,1H3. The SMILES string of the molecule is Cc1cccc2c(C3CCC(=O)CC3)c[nH]c12. The van der Waals surface area contributed by atoms with Crippen LogP contribution >= 0.6 is 0 Å². The molecule has 2 heteroatoms. The van der Waals surface area contributed by atoms with E-state index in [4.69, 9.17) is 0 Å². The van der Waals surface area contributed by atoms with Crippen LogP contribution in [0.5, 0.6) is 0 Å². The highest BCUT2D eigenvalue weighted by Crippen LogP contribution is 2.35. The molecule has 0 bridgehead atoms. The molecule has 0 aliphatic heterocycles. The van der Waals surface area contributed by atoms with Crippen molar-refractivity contribution in [3.05, 3.63) is 35.5 Å². The Hall–Kier alpha value is -1.57. The van der Waals surface area contributed by atoms with E-state index in [0.29, 0.717) is 11.7 Å². The summed E-state index contributed by atoms with van der Waals surface area (Å²) in [6.07, 6.45) is 5.67. The van der Waals surface area contributed by atoms with Crippen molar-refractivity contribution in [2.75, 3.05) is 0 Å². The lowest BCUT2D eigenvalue weighted by Crippen LogP contribution is -2.11. The highest BCUT2D eigenvalue weighted by Gasteiger charge is 2.22. The number of aryl methyl sites for hydroxylation is 1. The largest absolute Gasteiger partial charge is 0.361 e. The third-order valence-corrected chi connectivity index (χ3v) is 3.94. The summed E-state index contributed by atoms with van der Waals surface area (Å²) in [4.78, 5) is 14.7. The van der Waals surface area contributed by atoms with Crippen molar-refractivity contribution in [2.45, 2.75) is 38.5 Å². The summed E-state index contributed by atoms with van der Waals surface area (Å²) in [7, 11) is 0. The molecule has 1 heterocycles. The fraction of sp³-hybridized carbons (Fsp3) is 0.400. The summed E-state index contributed by atoms with van der Waals surface area (Å²) in [5.74, 6) is 0.987. The molecule has 1 saturated carbocycles. The van der Waals surface area contributed by atoms with Crippen molar-refractivity contribution in [3.63, 3.8) is 0 Å². The van der Waals surface area contributed by atoms with Gasteiger partial charge in [0.25, 0.3) is 0 Å². The molecule has 0 amide bonds. The van der Waals surface area contributed by atoms with Crippen molar-refractivity contribution in [1.82, 2.24) is 4.98 Å². The van der Waals surface area contributed by atoms with Crippen molar-refractivity contribution in [3.8, 4) is 0 Å². The number of Topliss-reactive ketones (excluding diaryl/α,β-unsaturated/α-hetero) is 1. The molecule has 88 valence electrons. The van der Waals surface area contributed by atoms with E-state index in [2.05, 4.69) is 36.3 Å². The van der Waals surface area contributed by atoms with Crippen LogP contribution in [0.2, 0.25) is 0 Å². The van der Waals surface area contributed by atoms with Crippen LogP contribution in [0, 0.1) is 6.92 Å². The van der Waals surface area contributed by atoms with Crippen molar-refractivity contribution in [2.24, 2.45) is 0 Å². The van der Waals surface area contributed by atoms with Gasteiger partial charge in [-0.1, -0.05) is 18.2 Å². The number of aromatic nitrogens is 1. The van der Waals surface area contributed by atoms with E-state index in [9.17, 15) is 4.79 Å². The number of benzene rings is 1. The Morgan fingerprint density at radius 1 is 1.24 bits per heavy atom. The van der Waals surface area contributed by atoms with Gasteiger partial charge in [0.2, 0.25) is 0 Å². The molecule has 3 rings (SSSR count). The maximum Gasteiger partial charge on any atom is 0.132 e. The number of hydrogen-bond donors (Lipinski definition) is 1. The Morgan fingerprint density at radius 3 is 2.76 bits per heavy atom. The molecule has 0 radical (unpaired) electrons. The number of hydrogen-bond acceptors (Lipinski definition) is 1. The lowest BCUT2D eigenvalue weighted by Gasteiger charge is -2.20. The van der Waals surface area contributed by atoms with Gasteiger partial charge in [-0.25, -0.2) is 0 Å². The summed E-state index contributed by atoms with van der Waals surface area (Å²) >= 11 is 0. The smallest absolute Gasteiger partial charge is 0.132 e. The molecule has 2 aromatic rings. The summed E-state index contributed by atoms with van der Waals surface area (Å²) in [6.45, 7) is 2.13. The molecule has 0 unspecified atom stereocenters. The van der Waals surface area contributed by atoms with Gasteiger partial charge in [0, 0.05) is 29.9 Å². The monoisotopic (exact) mass is 227 g/mol. The summed E-state index contributed by atoms with van der Waals surface area (Å²) < 4.78 is 0. The minimum absolute atomic E-state index is 0.428. The molecule has 1 aliphatic carbocycles. The predicted octanol–water partition coefficient (Wildman–Crippen LogP) is 3.70. The van der Waals surface area contributed by atoms with Crippen LogP contribution in [-0.4, -0.2) is 10.8 Å². The molecular weight excluding hydrogens is 210 g/mol. The lowest BCUT2D eigenvalue weighted by atomic mass is 9.83. The average Bonchev–Trinajstić information content (AvgIpc) is 2.75. The first kappa shape index (κ1) is 10.6. The second-order valence-electron chi connectivity index (χ2n) is 5.05. The highest BCUT2D eigenvalue weighted by molar-refractivity contribution is 5.87. The van der Waals surface area contributed by atoms with Crippen LogP contribution in [0.15, 0.2) is 24.4 Å².